The summed E-state index contributed by atoms with van der Waals surface area (Å²) in [5, 5.41) is 0. The summed E-state index contributed by atoms with van der Waals surface area (Å²) in [5.41, 5.74) is 1.81. The van der Waals surface area contributed by atoms with Gasteiger partial charge in [-0.25, -0.2) is 4.79 Å². The zero-order valence-electron chi connectivity index (χ0n) is 9.05. The van der Waals surface area contributed by atoms with Crippen LogP contribution in [0.1, 0.15) is 29.6 Å². The van der Waals surface area contributed by atoms with Crippen molar-refractivity contribution in [2.75, 3.05) is 0 Å². The van der Waals surface area contributed by atoms with E-state index in [9.17, 15) is 9.59 Å². The second-order valence-corrected chi connectivity index (χ2v) is 5.30. The number of aromatic amines is 2. The number of carbonyl (C=O) groups is 1. The Kier molecular flexibility index (Phi) is 2.43. The van der Waals surface area contributed by atoms with E-state index in [1.807, 2.05) is 0 Å². The number of hydrogen-bond donors (Lipinski definition) is 2. The van der Waals surface area contributed by atoms with E-state index in [4.69, 9.17) is 0 Å². The largest absolute Gasteiger partial charge is 0.323 e. The molecule has 1 saturated carbocycles. The van der Waals surface area contributed by atoms with E-state index in [0.717, 1.165) is 23.7 Å². The molecule has 1 aliphatic carbocycles. The summed E-state index contributed by atoms with van der Waals surface area (Å²) >= 11 is 3.39. The van der Waals surface area contributed by atoms with Gasteiger partial charge in [0.2, 0.25) is 0 Å². The van der Waals surface area contributed by atoms with Gasteiger partial charge in [0.15, 0.2) is 5.78 Å². The molecule has 0 aliphatic heterocycles. The maximum absolute atomic E-state index is 12.2. The molecule has 0 radical (unpaired) electrons. The molecule has 0 spiro atoms. The maximum atomic E-state index is 12.2. The highest BCUT2D eigenvalue weighted by atomic mass is 79.9. The molecular formula is C12H11BrN2O2. The van der Waals surface area contributed by atoms with E-state index in [2.05, 4.69) is 25.9 Å². The van der Waals surface area contributed by atoms with Crippen LogP contribution in [-0.2, 0) is 0 Å². The zero-order valence-corrected chi connectivity index (χ0v) is 10.6. The molecule has 0 saturated heterocycles. The van der Waals surface area contributed by atoms with Gasteiger partial charge in [0.25, 0.3) is 0 Å². The van der Waals surface area contributed by atoms with Crippen LogP contribution in [0.3, 0.4) is 0 Å². The van der Waals surface area contributed by atoms with E-state index in [1.54, 1.807) is 12.1 Å². The molecule has 0 atom stereocenters. The average molecular weight is 295 g/mol. The van der Waals surface area contributed by atoms with Gasteiger partial charge in [0.1, 0.15) is 0 Å². The number of imidazole rings is 1. The lowest BCUT2D eigenvalue weighted by molar-refractivity contribution is 0.0854. The number of carbonyl (C=O) groups excluding carboxylic acids is 1. The summed E-state index contributed by atoms with van der Waals surface area (Å²) in [6.45, 7) is 0. The Labute approximate surface area is 106 Å². The summed E-state index contributed by atoms with van der Waals surface area (Å²) in [5.74, 6) is 0.335. The minimum Gasteiger partial charge on any atom is -0.306 e. The van der Waals surface area contributed by atoms with Gasteiger partial charge in [-0.15, -0.1) is 0 Å². The lowest BCUT2D eigenvalue weighted by atomic mass is 9.80. The standard InChI is InChI=1S/C12H11BrN2O2/c13-8-5-10-9(14-12(17)15-10)4-7(8)11(16)6-2-1-3-6/h4-6H,1-3H2,(H2,14,15,17). The minimum absolute atomic E-state index is 0.161. The SMILES string of the molecule is O=C(c1cc2[nH]c(=O)[nH]c2cc1Br)C1CCC1. The molecule has 4 nitrogen and oxygen atoms in total. The average Bonchev–Trinajstić information content (AvgIpc) is 2.53. The number of ketones is 1. The third kappa shape index (κ3) is 1.74. The fourth-order valence-corrected chi connectivity index (χ4v) is 2.67. The summed E-state index contributed by atoms with van der Waals surface area (Å²) in [4.78, 5) is 28.7. The Hall–Kier alpha value is -1.36. The maximum Gasteiger partial charge on any atom is 0.323 e. The molecule has 2 aromatic rings. The summed E-state index contributed by atoms with van der Waals surface area (Å²) in [6, 6.07) is 3.52. The fourth-order valence-electron chi connectivity index (χ4n) is 2.14. The Morgan fingerprint density at radius 2 is 1.88 bits per heavy atom. The number of nitrogens with one attached hydrogen (secondary N) is 2. The van der Waals surface area contributed by atoms with Gasteiger partial charge in [-0.05, 0) is 40.9 Å². The second-order valence-electron chi connectivity index (χ2n) is 4.45. The van der Waals surface area contributed by atoms with Gasteiger partial charge >= 0.3 is 5.69 Å². The van der Waals surface area contributed by atoms with Crippen molar-refractivity contribution in [1.82, 2.24) is 9.97 Å². The lowest BCUT2D eigenvalue weighted by Gasteiger charge is -2.24. The van der Waals surface area contributed by atoms with Crippen LogP contribution in [0.25, 0.3) is 11.0 Å². The quantitative estimate of drug-likeness (QED) is 0.836. The van der Waals surface area contributed by atoms with Gasteiger partial charge in [-0.1, -0.05) is 6.42 Å². The number of halogens is 1. The predicted octanol–water partition coefficient (Wildman–Crippen LogP) is 2.60. The zero-order chi connectivity index (χ0) is 12.0. The number of hydrogen-bond acceptors (Lipinski definition) is 2. The van der Waals surface area contributed by atoms with Crippen LogP contribution in [0, 0.1) is 5.92 Å². The number of benzene rings is 1. The monoisotopic (exact) mass is 294 g/mol. The molecule has 3 rings (SSSR count). The molecule has 2 N–H and O–H groups in total. The number of rotatable bonds is 2. The molecule has 0 bridgehead atoms. The molecule has 0 amide bonds. The van der Waals surface area contributed by atoms with Crippen LogP contribution in [-0.4, -0.2) is 15.8 Å². The Morgan fingerprint density at radius 1 is 1.24 bits per heavy atom. The first kappa shape index (κ1) is 10.8. The molecule has 1 aromatic carbocycles. The molecule has 5 heteroatoms. The fraction of sp³-hybridized carbons (Fsp3) is 0.333. The summed E-state index contributed by atoms with van der Waals surface area (Å²) in [7, 11) is 0. The van der Waals surface area contributed by atoms with Crippen LogP contribution in [0.4, 0.5) is 0 Å². The van der Waals surface area contributed by atoms with E-state index >= 15 is 0 Å². The van der Waals surface area contributed by atoms with Gasteiger partial charge in [0.05, 0.1) is 11.0 Å². The molecule has 1 aromatic heterocycles. The Morgan fingerprint density at radius 3 is 2.47 bits per heavy atom. The van der Waals surface area contributed by atoms with Crippen molar-refractivity contribution >= 4 is 32.7 Å². The van der Waals surface area contributed by atoms with Gasteiger partial charge in [-0.2, -0.15) is 0 Å². The molecule has 1 aliphatic rings. The van der Waals surface area contributed by atoms with Crippen molar-refractivity contribution in [3.05, 3.63) is 32.7 Å². The topological polar surface area (TPSA) is 65.7 Å². The third-order valence-electron chi connectivity index (χ3n) is 3.35. The number of fused-ring (bicyclic) bond motifs is 1. The van der Waals surface area contributed by atoms with Crippen LogP contribution in [0.15, 0.2) is 21.4 Å². The first-order valence-corrected chi connectivity index (χ1v) is 6.40. The van der Waals surface area contributed by atoms with E-state index < -0.39 is 0 Å². The van der Waals surface area contributed by atoms with Crippen LogP contribution in [0.5, 0.6) is 0 Å². The second kappa shape index (κ2) is 3.84. The van der Waals surface area contributed by atoms with Crippen molar-refractivity contribution in [2.24, 2.45) is 5.92 Å². The van der Waals surface area contributed by atoms with Gasteiger partial charge in [0, 0.05) is 16.0 Å². The first-order chi connectivity index (χ1) is 8.15. The van der Waals surface area contributed by atoms with Crippen LogP contribution in [0.2, 0.25) is 0 Å². The van der Waals surface area contributed by atoms with Crippen molar-refractivity contribution < 1.29 is 4.79 Å². The van der Waals surface area contributed by atoms with E-state index in [-0.39, 0.29) is 17.4 Å². The van der Waals surface area contributed by atoms with Crippen molar-refractivity contribution in [3.8, 4) is 0 Å². The Balaban J connectivity index is 2.11. The normalized spacial score (nSPS) is 16.1. The van der Waals surface area contributed by atoms with Gasteiger partial charge < -0.3 is 9.97 Å². The smallest absolute Gasteiger partial charge is 0.306 e. The van der Waals surface area contributed by atoms with E-state index in [0.29, 0.717) is 16.6 Å². The number of H-pyrrole nitrogens is 2. The molecule has 88 valence electrons. The van der Waals surface area contributed by atoms with E-state index in [1.165, 1.54) is 0 Å². The van der Waals surface area contributed by atoms with Crippen molar-refractivity contribution in [2.45, 2.75) is 19.3 Å². The summed E-state index contributed by atoms with van der Waals surface area (Å²) in [6.07, 6.45) is 3.09. The minimum atomic E-state index is -0.250. The summed E-state index contributed by atoms with van der Waals surface area (Å²) < 4.78 is 0.747. The van der Waals surface area contributed by atoms with Crippen molar-refractivity contribution in [1.29, 1.82) is 0 Å². The lowest BCUT2D eigenvalue weighted by Crippen LogP contribution is -2.22. The number of Topliss-reactive ketones (excluding diaryl/α,β-unsaturated/α-hetero) is 1. The highest BCUT2D eigenvalue weighted by Crippen LogP contribution is 2.33. The van der Waals surface area contributed by atoms with Gasteiger partial charge in [-0.3, -0.25) is 4.79 Å². The predicted molar refractivity (Wildman–Crippen MR) is 68.3 cm³/mol. The Bertz CT molecular complexity index is 652. The molecule has 0 unspecified atom stereocenters. The third-order valence-corrected chi connectivity index (χ3v) is 4.00. The molecule has 17 heavy (non-hydrogen) atoms. The van der Waals surface area contributed by atoms with Crippen LogP contribution >= 0.6 is 15.9 Å². The highest BCUT2D eigenvalue weighted by molar-refractivity contribution is 9.10. The van der Waals surface area contributed by atoms with Crippen LogP contribution < -0.4 is 5.69 Å². The molecule has 1 heterocycles. The highest BCUT2D eigenvalue weighted by Gasteiger charge is 2.27. The molecular weight excluding hydrogens is 284 g/mol. The number of aromatic nitrogens is 2. The van der Waals surface area contributed by atoms with Crippen molar-refractivity contribution in [3.63, 3.8) is 0 Å². The molecule has 1 fully saturated rings. The first-order valence-electron chi connectivity index (χ1n) is 5.61.